The molecule has 0 N–H and O–H groups in total. The van der Waals surface area contributed by atoms with E-state index >= 15 is 0 Å². The van der Waals surface area contributed by atoms with E-state index in [9.17, 15) is 9.59 Å². The Labute approximate surface area is 126 Å². The van der Waals surface area contributed by atoms with Gasteiger partial charge in [-0.05, 0) is 26.2 Å². The van der Waals surface area contributed by atoms with Gasteiger partial charge in [-0.25, -0.2) is 4.98 Å². The molecule has 3 rings (SSSR count). The summed E-state index contributed by atoms with van der Waals surface area (Å²) in [7, 11) is 0. The third-order valence-corrected chi connectivity index (χ3v) is 4.48. The van der Waals surface area contributed by atoms with Gasteiger partial charge in [0.05, 0.1) is 6.04 Å². The normalized spacial score (nSPS) is 18.7. The summed E-state index contributed by atoms with van der Waals surface area (Å²) >= 11 is 1.55. The number of carbonyl (C=O) groups is 1. The van der Waals surface area contributed by atoms with Gasteiger partial charge in [-0.1, -0.05) is 0 Å². The maximum atomic E-state index is 12.7. The number of hydrogen-bond donors (Lipinski definition) is 0. The summed E-state index contributed by atoms with van der Waals surface area (Å²) in [4.78, 5) is 30.4. The summed E-state index contributed by atoms with van der Waals surface area (Å²) in [6.07, 6.45) is 4.69. The molecule has 2 aromatic heterocycles. The molecule has 0 spiro atoms. The van der Waals surface area contributed by atoms with Crippen LogP contribution in [0.25, 0.3) is 0 Å². The van der Waals surface area contributed by atoms with E-state index < -0.39 is 0 Å². The van der Waals surface area contributed by atoms with E-state index in [0.29, 0.717) is 12.3 Å². The highest BCUT2D eigenvalue weighted by Crippen LogP contribution is 2.33. The van der Waals surface area contributed by atoms with E-state index in [1.165, 1.54) is 12.1 Å². The van der Waals surface area contributed by atoms with Gasteiger partial charge < -0.3 is 9.32 Å². The minimum Gasteiger partial charge on any atom is -0.456 e. The Morgan fingerprint density at radius 2 is 2.29 bits per heavy atom. The Hall–Kier alpha value is -1.95. The molecule has 0 aliphatic carbocycles. The lowest BCUT2D eigenvalue weighted by Crippen LogP contribution is -2.38. The molecule has 3 heterocycles. The minimum absolute atomic E-state index is 0.0166. The van der Waals surface area contributed by atoms with Crippen molar-refractivity contribution in [1.82, 2.24) is 9.88 Å². The van der Waals surface area contributed by atoms with Crippen LogP contribution >= 0.6 is 11.3 Å². The Bertz CT molecular complexity index is 693. The molecule has 0 aromatic carbocycles. The number of nitrogens with zero attached hydrogens (tertiary/aromatic N) is 2. The van der Waals surface area contributed by atoms with E-state index in [1.807, 2.05) is 5.38 Å². The molecule has 1 unspecified atom stereocenters. The number of likely N-dealkylation sites (tertiary alicyclic amines) is 1. The van der Waals surface area contributed by atoms with Crippen molar-refractivity contribution in [2.24, 2.45) is 0 Å². The average molecular weight is 304 g/mol. The molecule has 1 amide bonds. The van der Waals surface area contributed by atoms with Crippen LogP contribution in [0.2, 0.25) is 0 Å². The van der Waals surface area contributed by atoms with Crippen molar-refractivity contribution in [2.45, 2.75) is 32.2 Å². The number of aryl methyl sites for hydroxylation is 1. The van der Waals surface area contributed by atoms with Crippen molar-refractivity contribution >= 4 is 17.2 Å². The predicted octanol–water partition coefficient (Wildman–Crippen LogP) is 2.77. The van der Waals surface area contributed by atoms with Gasteiger partial charge in [0.1, 0.15) is 10.8 Å². The number of piperidine rings is 1. The van der Waals surface area contributed by atoms with E-state index in [4.69, 9.17) is 4.42 Å². The van der Waals surface area contributed by atoms with Crippen LogP contribution in [0.3, 0.4) is 0 Å². The van der Waals surface area contributed by atoms with E-state index in [-0.39, 0.29) is 23.1 Å². The zero-order valence-corrected chi connectivity index (χ0v) is 12.6. The summed E-state index contributed by atoms with van der Waals surface area (Å²) in [5.74, 6) is 0.341. The van der Waals surface area contributed by atoms with Crippen LogP contribution in [-0.4, -0.2) is 22.3 Å². The Balaban J connectivity index is 1.92. The van der Waals surface area contributed by atoms with Crippen LogP contribution in [0.5, 0.6) is 0 Å². The molecule has 2 aromatic rings. The van der Waals surface area contributed by atoms with Crippen molar-refractivity contribution in [2.75, 3.05) is 6.54 Å². The van der Waals surface area contributed by atoms with Crippen molar-refractivity contribution in [3.8, 4) is 0 Å². The molecule has 0 radical (unpaired) electrons. The zero-order valence-electron chi connectivity index (χ0n) is 11.7. The fourth-order valence-electron chi connectivity index (χ4n) is 2.68. The minimum atomic E-state index is -0.226. The summed E-state index contributed by atoms with van der Waals surface area (Å²) in [5, 5.41) is 2.86. The van der Waals surface area contributed by atoms with Crippen LogP contribution in [0.1, 0.15) is 46.6 Å². The first-order valence-electron chi connectivity index (χ1n) is 6.97. The van der Waals surface area contributed by atoms with Crippen molar-refractivity contribution < 1.29 is 9.21 Å². The molecule has 21 heavy (non-hydrogen) atoms. The fourth-order valence-corrected chi connectivity index (χ4v) is 3.47. The molecule has 110 valence electrons. The standard InChI is InChI=1S/C15H16N2O3S/c1-10-8-11(18)9-13(20-10)15(19)17-6-3-2-4-12(17)14-16-5-7-21-14/h5,7-9,12H,2-4,6H2,1H3. The summed E-state index contributed by atoms with van der Waals surface area (Å²) in [5.41, 5.74) is -0.204. The van der Waals surface area contributed by atoms with E-state index in [2.05, 4.69) is 4.98 Å². The molecule has 0 saturated carbocycles. The fraction of sp³-hybridized carbons (Fsp3) is 0.400. The van der Waals surface area contributed by atoms with Crippen molar-refractivity contribution in [3.63, 3.8) is 0 Å². The highest BCUT2D eigenvalue weighted by molar-refractivity contribution is 7.09. The highest BCUT2D eigenvalue weighted by atomic mass is 32.1. The quantitative estimate of drug-likeness (QED) is 0.856. The van der Waals surface area contributed by atoms with Gasteiger partial charge in [0.2, 0.25) is 0 Å². The van der Waals surface area contributed by atoms with Crippen LogP contribution in [-0.2, 0) is 0 Å². The second-order valence-corrected chi connectivity index (χ2v) is 6.07. The molecule has 1 fully saturated rings. The SMILES string of the molecule is Cc1cc(=O)cc(C(=O)N2CCCCC2c2nccs2)o1. The van der Waals surface area contributed by atoms with Gasteiger partial charge >= 0.3 is 0 Å². The smallest absolute Gasteiger partial charge is 0.290 e. The first-order chi connectivity index (χ1) is 10.1. The van der Waals surface area contributed by atoms with Gasteiger partial charge in [-0.15, -0.1) is 11.3 Å². The number of rotatable bonds is 2. The summed E-state index contributed by atoms with van der Waals surface area (Å²) in [6, 6.07) is 2.63. The Morgan fingerprint density at radius 3 is 3.00 bits per heavy atom. The lowest BCUT2D eigenvalue weighted by Gasteiger charge is -2.34. The van der Waals surface area contributed by atoms with Crippen LogP contribution in [0.4, 0.5) is 0 Å². The third-order valence-electron chi connectivity index (χ3n) is 3.60. The first kappa shape index (κ1) is 14.0. The number of amides is 1. The monoisotopic (exact) mass is 304 g/mol. The van der Waals surface area contributed by atoms with Gasteiger partial charge in [0.25, 0.3) is 5.91 Å². The molecule has 6 heteroatoms. The second kappa shape index (κ2) is 5.81. The molecule has 1 aliphatic rings. The van der Waals surface area contributed by atoms with Gasteiger partial charge in [-0.3, -0.25) is 9.59 Å². The molecule has 0 bridgehead atoms. The Morgan fingerprint density at radius 1 is 1.43 bits per heavy atom. The molecular weight excluding hydrogens is 288 g/mol. The maximum Gasteiger partial charge on any atom is 0.290 e. The summed E-state index contributed by atoms with van der Waals surface area (Å²) < 4.78 is 5.43. The predicted molar refractivity (Wildman–Crippen MR) is 79.5 cm³/mol. The third kappa shape index (κ3) is 2.90. The lowest BCUT2D eigenvalue weighted by atomic mass is 10.0. The molecule has 1 aliphatic heterocycles. The topological polar surface area (TPSA) is 63.4 Å². The molecular formula is C15H16N2O3S. The zero-order chi connectivity index (χ0) is 14.8. The van der Waals surface area contributed by atoms with E-state index in [0.717, 1.165) is 24.3 Å². The van der Waals surface area contributed by atoms with Gasteiger partial charge in [0.15, 0.2) is 11.2 Å². The second-order valence-electron chi connectivity index (χ2n) is 5.15. The average Bonchev–Trinajstić information content (AvgIpc) is 2.99. The van der Waals surface area contributed by atoms with Crippen molar-refractivity contribution in [1.29, 1.82) is 0 Å². The maximum absolute atomic E-state index is 12.7. The number of thiazole rings is 1. The van der Waals surface area contributed by atoms with Crippen LogP contribution in [0.15, 0.2) is 32.9 Å². The number of aromatic nitrogens is 1. The van der Waals surface area contributed by atoms with E-state index in [1.54, 1.807) is 29.4 Å². The Kier molecular flexibility index (Phi) is 3.88. The van der Waals surface area contributed by atoms with Crippen molar-refractivity contribution in [3.05, 3.63) is 50.5 Å². The molecule has 5 nitrogen and oxygen atoms in total. The van der Waals surface area contributed by atoms with Crippen LogP contribution < -0.4 is 5.43 Å². The summed E-state index contributed by atoms with van der Waals surface area (Å²) in [6.45, 7) is 2.34. The van der Waals surface area contributed by atoms with Gasteiger partial charge in [0, 0.05) is 30.3 Å². The first-order valence-corrected chi connectivity index (χ1v) is 7.85. The number of hydrogen-bond acceptors (Lipinski definition) is 5. The molecule has 1 saturated heterocycles. The van der Waals surface area contributed by atoms with Crippen LogP contribution in [0, 0.1) is 6.92 Å². The highest BCUT2D eigenvalue weighted by Gasteiger charge is 2.31. The largest absolute Gasteiger partial charge is 0.456 e. The molecule has 1 atom stereocenters. The lowest BCUT2D eigenvalue weighted by molar-refractivity contribution is 0.0574. The van der Waals surface area contributed by atoms with Gasteiger partial charge in [-0.2, -0.15) is 0 Å². The number of carbonyl (C=O) groups excluding carboxylic acids is 1.